The number of rotatable bonds is 6. The smallest absolute Gasteiger partial charge is 0.248 e. The van der Waals surface area contributed by atoms with Crippen LogP contribution in [0.1, 0.15) is 25.3 Å². The number of carbonyl (C=O) groups is 1. The van der Waals surface area contributed by atoms with E-state index < -0.39 is 12.0 Å². The number of nitrogens with one attached hydrogen (secondary N) is 2. The van der Waals surface area contributed by atoms with Crippen molar-refractivity contribution in [2.75, 3.05) is 24.2 Å². The number of amides is 1. The van der Waals surface area contributed by atoms with Gasteiger partial charge in [-0.25, -0.2) is 9.97 Å². The summed E-state index contributed by atoms with van der Waals surface area (Å²) >= 11 is 0. The minimum Gasteiger partial charge on any atom is -0.381 e. The molecular weight excluding hydrogens is 234 g/mol. The largest absolute Gasteiger partial charge is 0.381 e. The number of hydrogen-bond donors (Lipinski definition) is 4. The van der Waals surface area contributed by atoms with E-state index >= 15 is 0 Å². The summed E-state index contributed by atoms with van der Waals surface area (Å²) in [6.45, 7) is 4.04. The van der Waals surface area contributed by atoms with Crippen LogP contribution in [0.15, 0.2) is 6.33 Å². The van der Waals surface area contributed by atoms with Crippen LogP contribution in [0.5, 0.6) is 0 Å². The first-order valence-electron chi connectivity index (χ1n) is 5.71. The van der Waals surface area contributed by atoms with Crippen molar-refractivity contribution >= 4 is 17.5 Å². The van der Waals surface area contributed by atoms with E-state index in [1.807, 2.05) is 13.8 Å². The molecule has 18 heavy (non-hydrogen) atoms. The third kappa shape index (κ3) is 3.30. The number of aromatic nitrogens is 2. The SMILES string of the molecule is CNc1ncnc(NCC(O)C(N)=O)c1C(C)C. The molecule has 0 spiro atoms. The average Bonchev–Trinajstić information content (AvgIpc) is 2.34. The summed E-state index contributed by atoms with van der Waals surface area (Å²) in [6, 6.07) is 0. The van der Waals surface area contributed by atoms with Gasteiger partial charge in [-0.3, -0.25) is 4.79 Å². The van der Waals surface area contributed by atoms with Gasteiger partial charge >= 0.3 is 0 Å². The average molecular weight is 253 g/mol. The minimum atomic E-state index is -1.24. The topological polar surface area (TPSA) is 113 Å². The highest BCUT2D eigenvalue weighted by Crippen LogP contribution is 2.27. The van der Waals surface area contributed by atoms with Gasteiger partial charge in [0.2, 0.25) is 5.91 Å². The highest BCUT2D eigenvalue weighted by molar-refractivity contribution is 5.79. The fourth-order valence-corrected chi connectivity index (χ4v) is 1.58. The van der Waals surface area contributed by atoms with Crippen LogP contribution >= 0.6 is 0 Å². The van der Waals surface area contributed by atoms with Crippen LogP contribution in [-0.2, 0) is 4.79 Å². The van der Waals surface area contributed by atoms with Crippen molar-refractivity contribution in [3.05, 3.63) is 11.9 Å². The Kier molecular flexibility index (Phi) is 4.85. The molecule has 100 valence electrons. The first-order valence-corrected chi connectivity index (χ1v) is 5.71. The highest BCUT2D eigenvalue weighted by atomic mass is 16.3. The van der Waals surface area contributed by atoms with Crippen molar-refractivity contribution in [1.82, 2.24) is 9.97 Å². The zero-order chi connectivity index (χ0) is 13.7. The van der Waals surface area contributed by atoms with Gasteiger partial charge < -0.3 is 21.5 Å². The number of carbonyl (C=O) groups excluding carboxylic acids is 1. The lowest BCUT2D eigenvalue weighted by atomic mass is 10.0. The molecule has 0 aromatic carbocycles. The quantitative estimate of drug-likeness (QED) is 0.563. The molecule has 1 unspecified atom stereocenters. The molecule has 1 aromatic rings. The molecule has 1 heterocycles. The van der Waals surface area contributed by atoms with Gasteiger partial charge in [0, 0.05) is 12.6 Å². The maximum atomic E-state index is 10.7. The Morgan fingerprint density at radius 3 is 2.56 bits per heavy atom. The summed E-state index contributed by atoms with van der Waals surface area (Å²) in [7, 11) is 1.77. The predicted octanol–water partition coefficient (Wildman–Crippen LogP) is -0.100. The zero-order valence-electron chi connectivity index (χ0n) is 10.8. The van der Waals surface area contributed by atoms with E-state index in [0.717, 1.165) is 11.4 Å². The summed E-state index contributed by atoms with van der Waals surface area (Å²) < 4.78 is 0. The molecule has 7 nitrogen and oxygen atoms in total. The molecular formula is C11H19N5O2. The number of nitrogens with zero attached hydrogens (tertiary/aromatic N) is 2. The molecule has 0 bridgehead atoms. The Morgan fingerprint density at radius 2 is 2.06 bits per heavy atom. The van der Waals surface area contributed by atoms with E-state index in [2.05, 4.69) is 20.6 Å². The molecule has 7 heteroatoms. The second-order valence-electron chi connectivity index (χ2n) is 4.19. The lowest BCUT2D eigenvalue weighted by molar-refractivity contribution is -0.125. The molecule has 0 aliphatic rings. The summed E-state index contributed by atoms with van der Waals surface area (Å²) in [5.74, 6) is 0.735. The van der Waals surface area contributed by atoms with Crippen molar-refractivity contribution in [1.29, 1.82) is 0 Å². The molecule has 1 rings (SSSR count). The number of nitrogens with two attached hydrogens (primary N) is 1. The normalized spacial score (nSPS) is 12.3. The Bertz CT molecular complexity index is 422. The fourth-order valence-electron chi connectivity index (χ4n) is 1.58. The third-order valence-corrected chi connectivity index (χ3v) is 2.49. The van der Waals surface area contributed by atoms with Crippen molar-refractivity contribution in [2.24, 2.45) is 5.73 Å². The lowest BCUT2D eigenvalue weighted by Gasteiger charge is -2.17. The first kappa shape index (κ1) is 14.2. The van der Waals surface area contributed by atoms with Gasteiger partial charge in [-0.15, -0.1) is 0 Å². The molecule has 1 amide bonds. The van der Waals surface area contributed by atoms with Crippen molar-refractivity contribution < 1.29 is 9.90 Å². The van der Waals surface area contributed by atoms with Crippen LogP contribution in [0.2, 0.25) is 0 Å². The second kappa shape index (κ2) is 6.15. The molecule has 1 aromatic heterocycles. The second-order valence-corrected chi connectivity index (χ2v) is 4.19. The maximum Gasteiger partial charge on any atom is 0.248 e. The van der Waals surface area contributed by atoms with E-state index in [-0.39, 0.29) is 12.5 Å². The molecule has 0 radical (unpaired) electrons. The van der Waals surface area contributed by atoms with Gasteiger partial charge in [-0.2, -0.15) is 0 Å². The summed E-state index contributed by atoms with van der Waals surface area (Å²) in [6.07, 6.45) is 0.175. The zero-order valence-corrected chi connectivity index (χ0v) is 10.8. The van der Waals surface area contributed by atoms with Gasteiger partial charge in [0.05, 0.1) is 6.54 Å². The lowest BCUT2D eigenvalue weighted by Crippen LogP contribution is -2.34. The van der Waals surface area contributed by atoms with Gasteiger partial charge in [-0.1, -0.05) is 13.8 Å². The van der Waals surface area contributed by atoms with E-state index in [0.29, 0.717) is 5.82 Å². The van der Waals surface area contributed by atoms with E-state index in [4.69, 9.17) is 5.73 Å². The third-order valence-electron chi connectivity index (χ3n) is 2.49. The van der Waals surface area contributed by atoms with Crippen molar-refractivity contribution in [2.45, 2.75) is 25.9 Å². The van der Waals surface area contributed by atoms with E-state index in [1.54, 1.807) is 7.05 Å². The van der Waals surface area contributed by atoms with Gasteiger partial charge in [-0.05, 0) is 5.92 Å². The van der Waals surface area contributed by atoms with Gasteiger partial charge in [0.25, 0.3) is 0 Å². The molecule has 0 aliphatic heterocycles. The molecule has 0 saturated carbocycles. The monoisotopic (exact) mass is 253 g/mol. The fraction of sp³-hybridized carbons (Fsp3) is 0.545. The Balaban J connectivity index is 2.91. The number of primary amides is 1. The van der Waals surface area contributed by atoms with E-state index in [9.17, 15) is 9.90 Å². The van der Waals surface area contributed by atoms with Crippen LogP contribution in [0.3, 0.4) is 0 Å². The molecule has 1 atom stereocenters. The number of anilines is 2. The van der Waals surface area contributed by atoms with Crippen LogP contribution in [0.25, 0.3) is 0 Å². The number of aliphatic hydroxyl groups is 1. The van der Waals surface area contributed by atoms with E-state index in [1.165, 1.54) is 6.33 Å². The molecule has 5 N–H and O–H groups in total. The van der Waals surface area contributed by atoms with Crippen molar-refractivity contribution in [3.63, 3.8) is 0 Å². The van der Waals surface area contributed by atoms with Gasteiger partial charge in [0.1, 0.15) is 24.1 Å². The maximum absolute atomic E-state index is 10.7. The molecule has 0 fully saturated rings. The Morgan fingerprint density at radius 1 is 1.44 bits per heavy atom. The Labute approximate surface area is 106 Å². The standard InChI is InChI=1S/C11H19N5O2/c1-6(2)8-10(13-3)15-5-16-11(8)14-4-7(17)9(12)18/h5-7,17H,4H2,1-3H3,(H2,12,18)(H2,13,14,15,16). The van der Waals surface area contributed by atoms with Crippen LogP contribution < -0.4 is 16.4 Å². The summed E-state index contributed by atoms with van der Waals surface area (Å²) in [5.41, 5.74) is 5.88. The highest BCUT2D eigenvalue weighted by Gasteiger charge is 2.16. The Hall–Kier alpha value is -1.89. The predicted molar refractivity (Wildman–Crippen MR) is 69.4 cm³/mol. The minimum absolute atomic E-state index is 0.0230. The number of aliphatic hydroxyl groups excluding tert-OH is 1. The van der Waals surface area contributed by atoms with Gasteiger partial charge in [0.15, 0.2) is 0 Å². The summed E-state index contributed by atoms with van der Waals surface area (Å²) in [5, 5.41) is 15.2. The van der Waals surface area contributed by atoms with Crippen molar-refractivity contribution in [3.8, 4) is 0 Å². The summed E-state index contributed by atoms with van der Waals surface area (Å²) in [4.78, 5) is 19.0. The first-order chi connectivity index (χ1) is 8.47. The molecule has 0 saturated heterocycles. The molecule has 0 aliphatic carbocycles. The van der Waals surface area contributed by atoms with Crippen LogP contribution in [-0.4, -0.2) is 40.7 Å². The van der Waals surface area contributed by atoms with Crippen LogP contribution in [0.4, 0.5) is 11.6 Å². The van der Waals surface area contributed by atoms with Crippen LogP contribution in [0, 0.1) is 0 Å². The number of hydrogen-bond acceptors (Lipinski definition) is 6.